The minimum Gasteiger partial charge on any atom is -0.493 e. The van der Waals surface area contributed by atoms with E-state index < -0.39 is 0 Å². The first-order valence-electron chi connectivity index (χ1n) is 9.09. The van der Waals surface area contributed by atoms with Gasteiger partial charge in [0.15, 0.2) is 11.3 Å². The van der Waals surface area contributed by atoms with Gasteiger partial charge >= 0.3 is 0 Å². The van der Waals surface area contributed by atoms with E-state index in [2.05, 4.69) is 28.4 Å². The predicted octanol–water partition coefficient (Wildman–Crippen LogP) is 4.21. The maximum absolute atomic E-state index is 5.71. The van der Waals surface area contributed by atoms with Crippen LogP contribution in [0.25, 0.3) is 11.0 Å². The minimum absolute atomic E-state index is 0.301. The molecule has 4 heteroatoms. The third-order valence-electron chi connectivity index (χ3n) is 6.04. The van der Waals surface area contributed by atoms with E-state index >= 15 is 0 Å². The number of fused-ring (bicyclic) bond motifs is 2. The highest BCUT2D eigenvalue weighted by Crippen LogP contribution is 2.44. The van der Waals surface area contributed by atoms with Gasteiger partial charge in [0.25, 0.3) is 0 Å². The fourth-order valence-corrected chi connectivity index (χ4v) is 4.66. The molecule has 1 saturated heterocycles. The Morgan fingerprint density at radius 3 is 2.96 bits per heavy atom. The summed E-state index contributed by atoms with van der Waals surface area (Å²) in [5, 5.41) is 5.12. The Hall–Kier alpha value is -1.94. The first-order chi connectivity index (χ1) is 11.8. The first kappa shape index (κ1) is 14.4. The summed E-state index contributed by atoms with van der Waals surface area (Å²) in [5.41, 5.74) is 3.86. The first-order valence-corrected chi connectivity index (χ1v) is 9.09. The number of nitrogens with one attached hydrogen (secondary N) is 1. The number of allylic oxidation sites excluding steroid dienone is 1. The van der Waals surface area contributed by atoms with E-state index in [1.807, 2.05) is 6.07 Å². The molecule has 0 radical (unpaired) electrons. The molecule has 1 aromatic carbocycles. The van der Waals surface area contributed by atoms with Gasteiger partial charge in [0.1, 0.15) is 0 Å². The quantitative estimate of drug-likeness (QED) is 0.898. The lowest BCUT2D eigenvalue weighted by molar-refractivity contribution is 0.152. The number of ether oxygens (including phenoxy) is 1. The van der Waals surface area contributed by atoms with E-state index in [1.165, 1.54) is 49.9 Å². The van der Waals surface area contributed by atoms with Gasteiger partial charge in [-0.25, -0.2) is 0 Å². The number of anilines is 1. The average molecular weight is 324 g/mol. The molecule has 2 fully saturated rings. The van der Waals surface area contributed by atoms with E-state index in [9.17, 15) is 0 Å². The van der Waals surface area contributed by atoms with Crippen LogP contribution < -0.4 is 15.0 Å². The van der Waals surface area contributed by atoms with Gasteiger partial charge < -0.3 is 19.4 Å². The Morgan fingerprint density at radius 2 is 2.17 bits per heavy atom. The normalized spacial score (nSPS) is 25.3. The molecule has 5 rings (SSSR count). The lowest BCUT2D eigenvalue weighted by Crippen LogP contribution is -2.67. The lowest BCUT2D eigenvalue weighted by atomic mass is 9.73. The zero-order valence-corrected chi connectivity index (χ0v) is 14.2. The van der Waals surface area contributed by atoms with Crippen LogP contribution in [0.15, 0.2) is 40.7 Å². The van der Waals surface area contributed by atoms with Crippen molar-refractivity contribution in [1.29, 1.82) is 0 Å². The second-order valence-corrected chi connectivity index (χ2v) is 7.43. The number of rotatable bonds is 2. The van der Waals surface area contributed by atoms with Crippen LogP contribution >= 0.6 is 0 Å². The highest BCUT2D eigenvalue weighted by molar-refractivity contribution is 5.95. The van der Waals surface area contributed by atoms with Gasteiger partial charge in [0.05, 0.1) is 19.1 Å². The van der Waals surface area contributed by atoms with Crippen molar-refractivity contribution in [3.63, 3.8) is 0 Å². The summed E-state index contributed by atoms with van der Waals surface area (Å²) in [6.45, 7) is 1.06. The van der Waals surface area contributed by atoms with Crippen molar-refractivity contribution in [3.05, 3.63) is 36.2 Å². The Bertz CT molecular complexity index is 803. The molecule has 0 bridgehead atoms. The molecule has 1 aliphatic heterocycles. The van der Waals surface area contributed by atoms with Gasteiger partial charge in [-0.1, -0.05) is 6.08 Å². The second-order valence-electron chi connectivity index (χ2n) is 7.43. The van der Waals surface area contributed by atoms with Gasteiger partial charge in [0, 0.05) is 29.2 Å². The van der Waals surface area contributed by atoms with Crippen LogP contribution in [0.1, 0.15) is 38.5 Å². The summed E-state index contributed by atoms with van der Waals surface area (Å²) in [4.78, 5) is 2.55. The van der Waals surface area contributed by atoms with Crippen molar-refractivity contribution in [2.45, 2.75) is 50.1 Å². The standard InChI is InChI=1S/C20H24N2O2/c1-23-18-8-7-16(14-9-12-24-19(14)18)22-13-20(10-4-11-20)21-15-5-2-3-6-17(15)22/h6-9,12,15,21H,2-5,10-11,13H2,1H3/t15-/m0/s1. The molecule has 2 aromatic rings. The second kappa shape index (κ2) is 5.28. The SMILES string of the molecule is COc1ccc(N2CC3(CCC3)N[C@H]3CCCC=C32)c2ccoc12. The number of nitrogens with zero attached hydrogens (tertiary/aromatic N) is 1. The zero-order valence-electron chi connectivity index (χ0n) is 14.2. The molecule has 2 aliphatic carbocycles. The van der Waals surface area contributed by atoms with Gasteiger partial charge in [-0.3, -0.25) is 0 Å². The highest BCUT2D eigenvalue weighted by Gasteiger charge is 2.46. The van der Waals surface area contributed by atoms with Crippen LogP contribution in [0.2, 0.25) is 0 Å². The van der Waals surface area contributed by atoms with Gasteiger partial charge in [-0.15, -0.1) is 0 Å². The van der Waals surface area contributed by atoms with Crippen LogP contribution in [0.4, 0.5) is 5.69 Å². The maximum atomic E-state index is 5.71. The van der Waals surface area contributed by atoms with Crippen molar-refractivity contribution in [3.8, 4) is 5.75 Å². The number of methoxy groups -OCH3 is 1. The van der Waals surface area contributed by atoms with Crippen molar-refractivity contribution in [1.82, 2.24) is 5.32 Å². The van der Waals surface area contributed by atoms with Crippen LogP contribution in [0.3, 0.4) is 0 Å². The monoisotopic (exact) mass is 324 g/mol. The van der Waals surface area contributed by atoms with E-state index in [-0.39, 0.29) is 0 Å². The molecule has 126 valence electrons. The molecular weight excluding hydrogens is 300 g/mol. The van der Waals surface area contributed by atoms with Crippen LogP contribution in [0.5, 0.6) is 5.75 Å². The third kappa shape index (κ3) is 2.02. The summed E-state index contributed by atoms with van der Waals surface area (Å²) in [6, 6.07) is 6.80. The Morgan fingerprint density at radius 1 is 1.25 bits per heavy atom. The Balaban J connectivity index is 1.63. The molecule has 1 N–H and O–H groups in total. The number of furan rings is 1. The van der Waals surface area contributed by atoms with Gasteiger partial charge in [-0.05, 0) is 56.7 Å². The molecule has 0 unspecified atom stereocenters. The molecule has 4 nitrogen and oxygen atoms in total. The Kier molecular flexibility index (Phi) is 3.17. The fraction of sp³-hybridized carbons (Fsp3) is 0.500. The Labute approximate surface area is 142 Å². The number of hydrogen-bond donors (Lipinski definition) is 1. The van der Waals surface area contributed by atoms with E-state index in [4.69, 9.17) is 9.15 Å². The molecule has 1 saturated carbocycles. The number of benzene rings is 1. The smallest absolute Gasteiger partial charge is 0.177 e. The van der Waals surface area contributed by atoms with Crippen molar-refractivity contribution in [2.24, 2.45) is 0 Å². The third-order valence-corrected chi connectivity index (χ3v) is 6.04. The van der Waals surface area contributed by atoms with E-state index in [1.54, 1.807) is 13.4 Å². The molecule has 3 aliphatic rings. The largest absolute Gasteiger partial charge is 0.493 e. The van der Waals surface area contributed by atoms with Crippen LogP contribution in [0, 0.1) is 0 Å². The molecule has 0 amide bonds. The summed E-state index contributed by atoms with van der Waals surface area (Å²) in [7, 11) is 1.70. The molecule has 1 atom stereocenters. The molecule has 1 aromatic heterocycles. The van der Waals surface area contributed by atoms with Gasteiger partial charge in [-0.2, -0.15) is 0 Å². The van der Waals surface area contributed by atoms with Crippen molar-refractivity contribution >= 4 is 16.7 Å². The summed E-state index contributed by atoms with van der Waals surface area (Å²) in [5.74, 6) is 0.807. The van der Waals surface area contributed by atoms with Crippen LogP contribution in [-0.2, 0) is 0 Å². The van der Waals surface area contributed by atoms with E-state index in [0.717, 1.165) is 23.3 Å². The summed E-state index contributed by atoms with van der Waals surface area (Å²) in [6.07, 6.45) is 11.8. The van der Waals surface area contributed by atoms with Gasteiger partial charge in [0.2, 0.25) is 0 Å². The fourth-order valence-electron chi connectivity index (χ4n) is 4.66. The highest BCUT2D eigenvalue weighted by atomic mass is 16.5. The summed E-state index contributed by atoms with van der Waals surface area (Å²) >= 11 is 0. The molecule has 1 spiro atoms. The zero-order chi connectivity index (χ0) is 16.1. The molecular formula is C20H24N2O2. The minimum atomic E-state index is 0.301. The molecule has 24 heavy (non-hydrogen) atoms. The van der Waals surface area contributed by atoms with Crippen molar-refractivity contribution < 1.29 is 9.15 Å². The molecule has 2 heterocycles. The lowest BCUT2D eigenvalue weighted by Gasteiger charge is -2.55. The predicted molar refractivity (Wildman–Crippen MR) is 95.6 cm³/mol. The van der Waals surface area contributed by atoms with Crippen molar-refractivity contribution in [2.75, 3.05) is 18.6 Å². The number of piperazine rings is 1. The number of hydrogen-bond acceptors (Lipinski definition) is 4. The maximum Gasteiger partial charge on any atom is 0.177 e. The topological polar surface area (TPSA) is 37.6 Å². The van der Waals surface area contributed by atoms with Crippen LogP contribution in [-0.4, -0.2) is 25.2 Å². The van der Waals surface area contributed by atoms with E-state index in [0.29, 0.717) is 11.6 Å². The summed E-state index contributed by atoms with van der Waals surface area (Å²) < 4.78 is 11.2. The average Bonchev–Trinajstić information content (AvgIpc) is 3.08.